The van der Waals surface area contributed by atoms with Gasteiger partial charge in [0.15, 0.2) is 0 Å². The molecule has 1 aliphatic rings. The maximum absolute atomic E-state index is 11.4. The van der Waals surface area contributed by atoms with Crippen molar-refractivity contribution < 1.29 is 19.4 Å². The number of alkyl carbamates (subject to hydrolysis) is 1. The van der Waals surface area contributed by atoms with Crippen LogP contribution in [0.3, 0.4) is 0 Å². The van der Waals surface area contributed by atoms with Gasteiger partial charge in [0, 0.05) is 13.1 Å². The van der Waals surface area contributed by atoms with Crippen LogP contribution in [0.1, 0.15) is 20.8 Å². The molecule has 1 saturated heterocycles. The lowest BCUT2D eigenvalue weighted by atomic mass is 10.0. The molecule has 2 atom stereocenters. The Labute approximate surface area is 94.3 Å². The predicted molar refractivity (Wildman–Crippen MR) is 57.2 cm³/mol. The Morgan fingerprint density at radius 3 is 2.50 bits per heavy atom. The van der Waals surface area contributed by atoms with Gasteiger partial charge >= 0.3 is 12.1 Å². The number of amides is 1. The van der Waals surface area contributed by atoms with E-state index >= 15 is 0 Å². The van der Waals surface area contributed by atoms with E-state index in [0.717, 1.165) is 0 Å². The number of hydrogen-bond donors (Lipinski definition) is 3. The van der Waals surface area contributed by atoms with Crippen molar-refractivity contribution in [1.29, 1.82) is 0 Å². The second kappa shape index (κ2) is 4.69. The molecule has 6 heteroatoms. The van der Waals surface area contributed by atoms with Crippen molar-refractivity contribution in [1.82, 2.24) is 10.6 Å². The van der Waals surface area contributed by atoms with Gasteiger partial charge in [-0.1, -0.05) is 0 Å². The molecule has 1 rings (SSSR count). The zero-order chi connectivity index (χ0) is 12.3. The van der Waals surface area contributed by atoms with E-state index in [9.17, 15) is 9.59 Å². The quantitative estimate of drug-likeness (QED) is 0.630. The molecule has 0 radical (unpaired) electrons. The van der Waals surface area contributed by atoms with Gasteiger partial charge in [-0.25, -0.2) is 4.79 Å². The lowest BCUT2D eigenvalue weighted by Gasteiger charge is -2.22. The van der Waals surface area contributed by atoms with Crippen molar-refractivity contribution in [3.05, 3.63) is 0 Å². The van der Waals surface area contributed by atoms with Crippen molar-refractivity contribution in [3.8, 4) is 0 Å². The fourth-order valence-electron chi connectivity index (χ4n) is 1.55. The fourth-order valence-corrected chi connectivity index (χ4v) is 1.55. The van der Waals surface area contributed by atoms with Gasteiger partial charge in [0.25, 0.3) is 0 Å². The normalized spacial score (nSPS) is 25.2. The van der Waals surface area contributed by atoms with Crippen LogP contribution in [0, 0.1) is 5.92 Å². The van der Waals surface area contributed by atoms with E-state index in [4.69, 9.17) is 9.84 Å². The Hall–Kier alpha value is -1.30. The van der Waals surface area contributed by atoms with Crippen LogP contribution >= 0.6 is 0 Å². The summed E-state index contributed by atoms with van der Waals surface area (Å²) in [5, 5.41) is 14.4. The number of carbonyl (C=O) groups is 2. The van der Waals surface area contributed by atoms with E-state index in [0.29, 0.717) is 13.1 Å². The molecule has 0 aliphatic carbocycles. The Morgan fingerprint density at radius 1 is 1.38 bits per heavy atom. The van der Waals surface area contributed by atoms with Crippen LogP contribution in [0.2, 0.25) is 0 Å². The molecule has 0 aromatic rings. The number of rotatable bonds is 2. The first-order chi connectivity index (χ1) is 7.29. The van der Waals surface area contributed by atoms with Gasteiger partial charge in [0.1, 0.15) is 5.60 Å². The summed E-state index contributed by atoms with van der Waals surface area (Å²) in [6, 6.07) is -0.410. The maximum Gasteiger partial charge on any atom is 0.407 e. The highest BCUT2D eigenvalue weighted by molar-refractivity contribution is 5.74. The number of carbonyl (C=O) groups excluding carboxylic acids is 1. The van der Waals surface area contributed by atoms with Gasteiger partial charge in [0.05, 0.1) is 12.0 Å². The van der Waals surface area contributed by atoms with E-state index in [1.165, 1.54) is 0 Å². The number of ether oxygens (including phenoxy) is 1. The third-order valence-corrected chi connectivity index (χ3v) is 2.23. The minimum Gasteiger partial charge on any atom is -0.481 e. The highest BCUT2D eigenvalue weighted by atomic mass is 16.6. The molecule has 16 heavy (non-hydrogen) atoms. The van der Waals surface area contributed by atoms with Crippen molar-refractivity contribution >= 4 is 12.1 Å². The van der Waals surface area contributed by atoms with Gasteiger partial charge in [-0.15, -0.1) is 0 Å². The van der Waals surface area contributed by atoms with Gasteiger partial charge in [0.2, 0.25) is 0 Å². The first kappa shape index (κ1) is 12.8. The minimum absolute atomic E-state index is 0.371. The van der Waals surface area contributed by atoms with E-state index in [1.54, 1.807) is 20.8 Å². The number of hydrogen-bond acceptors (Lipinski definition) is 4. The summed E-state index contributed by atoms with van der Waals surface area (Å²) >= 11 is 0. The zero-order valence-electron chi connectivity index (χ0n) is 9.74. The molecule has 0 aromatic carbocycles. The molecule has 1 fully saturated rings. The molecular formula is C10H18N2O4. The zero-order valence-corrected chi connectivity index (χ0v) is 9.74. The SMILES string of the molecule is CC(C)(C)OC(=O)N[C@@H]1CNC[C@H]1C(=O)O. The summed E-state index contributed by atoms with van der Waals surface area (Å²) in [5.74, 6) is -1.50. The largest absolute Gasteiger partial charge is 0.481 e. The first-order valence-corrected chi connectivity index (χ1v) is 5.22. The molecule has 0 bridgehead atoms. The van der Waals surface area contributed by atoms with Crippen LogP contribution in [-0.2, 0) is 9.53 Å². The summed E-state index contributed by atoms with van der Waals surface area (Å²) in [7, 11) is 0. The van der Waals surface area contributed by atoms with Crippen molar-refractivity contribution in [2.24, 2.45) is 5.92 Å². The summed E-state index contributed by atoms with van der Waals surface area (Å²) in [4.78, 5) is 22.3. The fraction of sp³-hybridized carbons (Fsp3) is 0.800. The Balaban J connectivity index is 2.47. The first-order valence-electron chi connectivity index (χ1n) is 5.22. The third kappa shape index (κ3) is 3.69. The number of nitrogens with one attached hydrogen (secondary N) is 2. The molecule has 1 amide bonds. The van der Waals surface area contributed by atoms with Gasteiger partial charge in [-0.3, -0.25) is 4.79 Å². The average molecular weight is 230 g/mol. The van der Waals surface area contributed by atoms with Crippen LogP contribution in [0.5, 0.6) is 0 Å². The van der Waals surface area contributed by atoms with E-state index < -0.39 is 29.6 Å². The standard InChI is InChI=1S/C10H18N2O4/c1-10(2,3)16-9(15)12-7-5-11-4-6(7)8(13)14/h6-7,11H,4-5H2,1-3H3,(H,12,15)(H,13,14)/t6-,7-/m1/s1. The Kier molecular flexibility index (Phi) is 3.74. The van der Waals surface area contributed by atoms with Crippen LogP contribution in [-0.4, -0.2) is 41.9 Å². The topological polar surface area (TPSA) is 87.7 Å². The predicted octanol–water partition coefficient (Wildman–Crippen LogP) is 0.184. The lowest BCUT2D eigenvalue weighted by molar-refractivity contribution is -0.141. The second-order valence-corrected chi connectivity index (χ2v) is 4.86. The van der Waals surface area contributed by atoms with E-state index in [-0.39, 0.29) is 0 Å². The molecule has 0 unspecified atom stereocenters. The molecule has 1 aliphatic heterocycles. The van der Waals surface area contributed by atoms with Crippen LogP contribution in [0.15, 0.2) is 0 Å². The average Bonchev–Trinajstić information content (AvgIpc) is 2.47. The van der Waals surface area contributed by atoms with Crippen molar-refractivity contribution in [2.45, 2.75) is 32.4 Å². The Bertz CT molecular complexity index is 285. The lowest BCUT2D eigenvalue weighted by Crippen LogP contribution is -2.45. The molecule has 0 spiro atoms. The van der Waals surface area contributed by atoms with E-state index in [2.05, 4.69) is 10.6 Å². The number of carboxylic acids is 1. The van der Waals surface area contributed by atoms with Crippen LogP contribution in [0.4, 0.5) is 4.79 Å². The van der Waals surface area contributed by atoms with Crippen molar-refractivity contribution in [3.63, 3.8) is 0 Å². The summed E-state index contributed by atoms with van der Waals surface area (Å²) in [5.41, 5.74) is -0.575. The second-order valence-electron chi connectivity index (χ2n) is 4.86. The molecule has 1 heterocycles. The van der Waals surface area contributed by atoms with Crippen molar-refractivity contribution in [2.75, 3.05) is 13.1 Å². The van der Waals surface area contributed by atoms with Gasteiger partial charge in [-0.2, -0.15) is 0 Å². The smallest absolute Gasteiger partial charge is 0.407 e. The Morgan fingerprint density at radius 2 is 2.00 bits per heavy atom. The van der Waals surface area contributed by atoms with E-state index in [1.807, 2.05) is 0 Å². The summed E-state index contributed by atoms with van der Waals surface area (Å²) < 4.78 is 5.06. The highest BCUT2D eigenvalue weighted by Crippen LogP contribution is 2.11. The molecule has 3 N–H and O–H groups in total. The number of aliphatic carboxylic acids is 1. The minimum atomic E-state index is -0.911. The molecule has 6 nitrogen and oxygen atoms in total. The summed E-state index contributed by atoms with van der Waals surface area (Å²) in [6.07, 6.45) is -0.576. The molecular weight excluding hydrogens is 212 g/mol. The summed E-state index contributed by atoms with van der Waals surface area (Å²) in [6.45, 7) is 6.10. The molecule has 0 saturated carbocycles. The van der Waals surface area contributed by atoms with Crippen LogP contribution in [0.25, 0.3) is 0 Å². The monoisotopic (exact) mass is 230 g/mol. The molecule has 0 aromatic heterocycles. The molecule has 92 valence electrons. The third-order valence-electron chi connectivity index (χ3n) is 2.23. The maximum atomic E-state index is 11.4. The van der Waals surface area contributed by atoms with Gasteiger partial charge < -0.3 is 20.5 Å². The number of carboxylic acid groups (broad SMARTS) is 1. The van der Waals surface area contributed by atoms with Crippen LogP contribution < -0.4 is 10.6 Å². The highest BCUT2D eigenvalue weighted by Gasteiger charge is 2.34. The van der Waals surface area contributed by atoms with Gasteiger partial charge in [-0.05, 0) is 20.8 Å².